The Balaban J connectivity index is 1.27. The summed E-state index contributed by atoms with van der Waals surface area (Å²) < 4.78 is 10.8. The van der Waals surface area contributed by atoms with Gasteiger partial charge in [-0.05, 0) is 48.9 Å². The predicted octanol–water partition coefficient (Wildman–Crippen LogP) is 3.89. The summed E-state index contributed by atoms with van der Waals surface area (Å²) in [7, 11) is 0. The Morgan fingerprint density at radius 1 is 1.07 bits per heavy atom. The highest BCUT2D eigenvalue weighted by atomic mass is 35.5. The van der Waals surface area contributed by atoms with E-state index >= 15 is 0 Å². The zero-order valence-electron chi connectivity index (χ0n) is 15.8. The van der Waals surface area contributed by atoms with Crippen molar-refractivity contribution in [3.05, 3.63) is 53.1 Å². The van der Waals surface area contributed by atoms with Gasteiger partial charge < -0.3 is 14.4 Å². The Kier molecular flexibility index (Phi) is 5.99. The summed E-state index contributed by atoms with van der Waals surface area (Å²) in [6.45, 7) is 6.39. The maximum Gasteiger partial charge on any atom is 0.235 e. The van der Waals surface area contributed by atoms with Crippen molar-refractivity contribution in [1.29, 1.82) is 0 Å². The third kappa shape index (κ3) is 4.57. The normalized spacial score (nSPS) is 17.6. The molecule has 28 heavy (non-hydrogen) atoms. The van der Waals surface area contributed by atoms with Gasteiger partial charge in [0.05, 0.1) is 5.25 Å². The molecule has 2 aromatic rings. The van der Waals surface area contributed by atoms with Gasteiger partial charge in [0, 0.05) is 42.6 Å². The van der Waals surface area contributed by atoms with E-state index in [1.165, 1.54) is 5.56 Å². The molecule has 1 fully saturated rings. The van der Waals surface area contributed by atoms with Gasteiger partial charge in [0.1, 0.15) is 0 Å². The molecule has 1 saturated heterocycles. The molecule has 0 bridgehead atoms. The highest BCUT2D eigenvalue weighted by molar-refractivity contribution is 8.00. The fraction of sp³-hybridized carbons (Fsp3) is 0.381. The Hall–Kier alpha value is -1.89. The van der Waals surface area contributed by atoms with E-state index in [2.05, 4.69) is 11.0 Å². The van der Waals surface area contributed by atoms with E-state index < -0.39 is 0 Å². The molecule has 2 aliphatic heterocycles. The first-order valence-corrected chi connectivity index (χ1v) is 10.7. The standard InChI is InChI=1S/C21H23ClN2O3S/c1-15(28-18-5-3-17(22)4-6-18)21(25)24-10-8-23(9-11-24)13-16-2-7-19-20(12-16)27-14-26-19/h2-7,12,15H,8-11,13-14H2,1H3. The van der Waals surface area contributed by atoms with Crippen LogP contribution < -0.4 is 9.47 Å². The van der Waals surface area contributed by atoms with Crippen LogP contribution >= 0.6 is 23.4 Å². The zero-order valence-corrected chi connectivity index (χ0v) is 17.3. The van der Waals surface area contributed by atoms with E-state index in [9.17, 15) is 4.79 Å². The Morgan fingerprint density at radius 3 is 2.54 bits per heavy atom. The summed E-state index contributed by atoms with van der Waals surface area (Å²) in [5, 5.41) is 0.600. The van der Waals surface area contributed by atoms with Crippen LogP contribution in [0.15, 0.2) is 47.4 Å². The number of amides is 1. The number of rotatable bonds is 5. The van der Waals surface area contributed by atoms with E-state index in [4.69, 9.17) is 21.1 Å². The van der Waals surface area contributed by atoms with Gasteiger partial charge in [0.15, 0.2) is 11.5 Å². The molecule has 4 rings (SSSR count). The minimum absolute atomic E-state index is 0.110. The average molecular weight is 419 g/mol. The van der Waals surface area contributed by atoms with Crippen LogP contribution in [0.3, 0.4) is 0 Å². The monoisotopic (exact) mass is 418 g/mol. The summed E-state index contributed by atoms with van der Waals surface area (Å²) in [5.74, 6) is 1.83. The van der Waals surface area contributed by atoms with Crippen LogP contribution in [0.25, 0.3) is 0 Å². The van der Waals surface area contributed by atoms with Gasteiger partial charge >= 0.3 is 0 Å². The predicted molar refractivity (Wildman–Crippen MR) is 111 cm³/mol. The quantitative estimate of drug-likeness (QED) is 0.689. The van der Waals surface area contributed by atoms with E-state index in [-0.39, 0.29) is 11.2 Å². The molecule has 0 N–H and O–H groups in total. The molecular weight excluding hydrogens is 396 g/mol. The Morgan fingerprint density at radius 2 is 1.79 bits per heavy atom. The molecule has 0 spiro atoms. The van der Waals surface area contributed by atoms with Crippen molar-refractivity contribution in [2.24, 2.45) is 0 Å². The molecule has 7 heteroatoms. The van der Waals surface area contributed by atoms with Gasteiger partial charge in [-0.1, -0.05) is 17.7 Å². The Labute approximate surface area is 174 Å². The van der Waals surface area contributed by atoms with Crippen molar-refractivity contribution in [3.63, 3.8) is 0 Å². The first-order valence-electron chi connectivity index (χ1n) is 9.40. The number of benzene rings is 2. The molecule has 2 aliphatic rings. The second kappa shape index (κ2) is 8.64. The van der Waals surface area contributed by atoms with Crippen molar-refractivity contribution in [3.8, 4) is 11.5 Å². The highest BCUT2D eigenvalue weighted by Gasteiger charge is 2.26. The van der Waals surface area contributed by atoms with Crippen molar-refractivity contribution in [1.82, 2.24) is 9.80 Å². The molecular formula is C21H23ClN2O3S. The molecule has 0 radical (unpaired) electrons. The lowest BCUT2D eigenvalue weighted by Crippen LogP contribution is -2.50. The molecule has 1 unspecified atom stereocenters. The van der Waals surface area contributed by atoms with Crippen molar-refractivity contribution < 1.29 is 14.3 Å². The highest BCUT2D eigenvalue weighted by Crippen LogP contribution is 2.33. The van der Waals surface area contributed by atoms with Crippen LogP contribution in [-0.4, -0.2) is 53.9 Å². The Bertz CT molecular complexity index is 838. The molecule has 1 amide bonds. The molecule has 1 atom stereocenters. The first kappa shape index (κ1) is 19.4. The number of carbonyl (C=O) groups excluding carboxylic acids is 1. The summed E-state index contributed by atoms with van der Waals surface area (Å²) >= 11 is 7.51. The SMILES string of the molecule is CC(Sc1ccc(Cl)cc1)C(=O)N1CCN(Cc2ccc3c(c2)OCO3)CC1. The average Bonchev–Trinajstić information content (AvgIpc) is 3.17. The number of nitrogens with zero attached hydrogens (tertiary/aromatic N) is 2. The summed E-state index contributed by atoms with van der Waals surface area (Å²) in [4.78, 5) is 18.2. The molecule has 0 saturated carbocycles. The third-order valence-electron chi connectivity index (χ3n) is 5.00. The maximum absolute atomic E-state index is 12.8. The van der Waals surface area contributed by atoms with Gasteiger partial charge in [-0.3, -0.25) is 9.69 Å². The van der Waals surface area contributed by atoms with E-state index in [0.717, 1.165) is 49.1 Å². The number of carbonyl (C=O) groups is 1. The van der Waals surface area contributed by atoms with Crippen LogP contribution in [0.4, 0.5) is 0 Å². The second-order valence-electron chi connectivity index (χ2n) is 7.00. The number of thioether (sulfide) groups is 1. The number of ether oxygens (including phenoxy) is 2. The molecule has 148 valence electrons. The van der Waals surface area contributed by atoms with Crippen LogP contribution in [0.1, 0.15) is 12.5 Å². The van der Waals surface area contributed by atoms with Crippen LogP contribution in [0, 0.1) is 0 Å². The summed E-state index contributed by atoms with van der Waals surface area (Å²) in [6, 6.07) is 13.7. The lowest BCUT2D eigenvalue weighted by Gasteiger charge is -2.36. The maximum atomic E-state index is 12.8. The van der Waals surface area contributed by atoms with Gasteiger partial charge in [-0.15, -0.1) is 11.8 Å². The van der Waals surface area contributed by atoms with E-state index in [1.54, 1.807) is 11.8 Å². The largest absolute Gasteiger partial charge is 0.454 e. The molecule has 2 aromatic carbocycles. The molecule has 2 heterocycles. The van der Waals surface area contributed by atoms with Crippen molar-refractivity contribution in [2.45, 2.75) is 23.6 Å². The topological polar surface area (TPSA) is 42.0 Å². The fourth-order valence-electron chi connectivity index (χ4n) is 3.45. The van der Waals surface area contributed by atoms with E-state index in [0.29, 0.717) is 11.8 Å². The third-order valence-corrected chi connectivity index (χ3v) is 6.35. The second-order valence-corrected chi connectivity index (χ2v) is 8.85. The smallest absolute Gasteiger partial charge is 0.235 e. The number of fused-ring (bicyclic) bond motifs is 1. The summed E-state index contributed by atoms with van der Waals surface area (Å²) in [5.41, 5.74) is 1.20. The zero-order chi connectivity index (χ0) is 19.5. The van der Waals surface area contributed by atoms with Crippen LogP contribution in [0.5, 0.6) is 11.5 Å². The van der Waals surface area contributed by atoms with Crippen molar-refractivity contribution >= 4 is 29.3 Å². The van der Waals surface area contributed by atoms with Crippen molar-refractivity contribution in [2.75, 3.05) is 33.0 Å². The lowest BCUT2D eigenvalue weighted by atomic mass is 10.1. The van der Waals surface area contributed by atoms with Gasteiger partial charge in [-0.25, -0.2) is 0 Å². The van der Waals surface area contributed by atoms with Crippen LogP contribution in [0.2, 0.25) is 5.02 Å². The minimum atomic E-state index is -0.110. The van der Waals surface area contributed by atoms with Gasteiger partial charge in [0.2, 0.25) is 12.7 Å². The molecule has 5 nitrogen and oxygen atoms in total. The molecule has 0 aromatic heterocycles. The fourth-order valence-corrected chi connectivity index (χ4v) is 4.53. The lowest BCUT2D eigenvalue weighted by molar-refractivity contribution is -0.132. The summed E-state index contributed by atoms with van der Waals surface area (Å²) in [6.07, 6.45) is 0. The van der Waals surface area contributed by atoms with Gasteiger partial charge in [-0.2, -0.15) is 0 Å². The number of hydrogen-bond acceptors (Lipinski definition) is 5. The van der Waals surface area contributed by atoms with E-state index in [1.807, 2.05) is 48.2 Å². The minimum Gasteiger partial charge on any atom is -0.454 e. The first-order chi connectivity index (χ1) is 13.6. The van der Waals surface area contributed by atoms with Crippen LogP contribution in [-0.2, 0) is 11.3 Å². The number of hydrogen-bond donors (Lipinski definition) is 0. The number of piperazine rings is 1. The van der Waals surface area contributed by atoms with Gasteiger partial charge in [0.25, 0.3) is 0 Å². The molecule has 0 aliphatic carbocycles. The number of halogens is 1.